The number of aryl methyl sites for hydroxylation is 1. The highest BCUT2D eigenvalue weighted by molar-refractivity contribution is 5.80. The van der Waals surface area contributed by atoms with Crippen LogP contribution >= 0.6 is 0 Å². The zero-order valence-corrected chi connectivity index (χ0v) is 9.09. The average Bonchev–Trinajstić information content (AvgIpc) is 2.47. The largest absolute Gasteiger partial charge is 0.0758 e. The summed E-state index contributed by atoms with van der Waals surface area (Å²) in [6, 6.07) is 6.72. The highest BCUT2D eigenvalue weighted by Crippen LogP contribution is 2.29. The van der Waals surface area contributed by atoms with Gasteiger partial charge in [0.15, 0.2) is 0 Å². The van der Waals surface area contributed by atoms with Crippen molar-refractivity contribution >= 4 is 5.57 Å². The van der Waals surface area contributed by atoms with Gasteiger partial charge >= 0.3 is 0 Å². The van der Waals surface area contributed by atoms with Crippen molar-refractivity contribution in [3.8, 4) is 0 Å². The summed E-state index contributed by atoms with van der Waals surface area (Å²) >= 11 is 0. The SMILES string of the molecule is CC(C)=CC1=CCc2cc(C)ccc21. The molecule has 0 atom stereocenters. The maximum Gasteiger partial charge on any atom is -0.00820 e. The van der Waals surface area contributed by atoms with Gasteiger partial charge in [-0.2, -0.15) is 0 Å². The summed E-state index contributed by atoms with van der Waals surface area (Å²) in [4.78, 5) is 0. The fraction of sp³-hybridized carbons (Fsp3) is 0.286. The molecule has 0 fully saturated rings. The van der Waals surface area contributed by atoms with Crippen LogP contribution in [-0.4, -0.2) is 0 Å². The lowest BCUT2D eigenvalue weighted by Gasteiger charge is -2.03. The van der Waals surface area contributed by atoms with Crippen LogP contribution in [0.15, 0.2) is 35.9 Å². The van der Waals surface area contributed by atoms with E-state index in [1.807, 2.05) is 0 Å². The second-order valence-electron chi connectivity index (χ2n) is 4.25. The van der Waals surface area contributed by atoms with Gasteiger partial charge in [0.05, 0.1) is 0 Å². The molecule has 0 amide bonds. The Balaban J connectivity index is 2.42. The highest BCUT2D eigenvalue weighted by Gasteiger charge is 2.11. The molecule has 0 heteroatoms. The van der Waals surface area contributed by atoms with Gasteiger partial charge in [-0.1, -0.05) is 41.5 Å². The number of allylic oxidation sites excluding steroid dienone is 4. The number of hydrogen-bond acceptors (Lipinski definition) is 0. The van der Waals surface area contributed by atoms with E-state index in [1.54, 1.807) is 0 Å². The Labute approximate surface area is 86.0 Å². The van der Waals surface area contributed by atoms with Crippen LogP contribution in [0.2, 0.25) is 0 Å². The summed E-state index contributed by atoms with van der Waals surface area (Å²) in [5, 5.41) is 0. The molecule has 14 heavy (non-hydrogen) atoms. The Kier molecular flexibility index (Phi) is 2.28. The molecule has 0 bridgehead atoms. The molecule has 0 saturated heterocycles. The van der Waals surface area contributed by atoms with Gasteiger partial charge in [-0.05, 0) is 43.9 Å². The molecule has 0 saturated carbocycles. The number of benzene rings is 1. The molecule has 1 aromatic carbocycles. The van der Waals surface area contributed by atoms with Crippen LogP contribution in [0.3, 0.4) is 0 Å². The summed E-state index contributed by atoms with van der Waals surface area (Å²) < 4.78 is 0. The Hall–Kier alpha value is -1.30. The second kappa shape index (κ2) is 3.45. The minimum absolute atomic E-state index is 1.09. The fourth-order valence-corrected chi connectivity index (χ4v) is 1.95. The summed E-state index contributed by atoms with van der Waals surface area (Å²) in [5.74, 6) is 0. The van der Waals surface area contributed by atoms with E-state index in [-0.39, 0.29) is 0 Å². The molecule has 72 valence electrons. The maximum atomic E-state index is 2.32. The highest BCUT2D eigenvalue weighted by atomic mass is 14.2. The predicted octanol–water partition coefficient (Wildman–Crippen LogP) is 3.90. The third-order valence-electron chi connectivity index (χ3n) is 2.56. The first-order valence-electron chi connectivity index (χ1n) is 5.12. The van der Waals surface area contributed by atoms with Crippen molar-refractivity contribution in [1.29, 1.82) is 0 Å². The first kappa shape index (κ1) is 9.26. The lowest BCUT2D eigenvalue weighted by molar-refractivity contribution is 1.28. The van der Waals surface area contributed by atoms with Gasteiger partial charge in [0.1, 0.15) is 0 Å². The molecule has 2 rings (SSSR count). The number of rotatable bonds is 1. The molecule has 0 unspecified atom stereocenters. The first-order valence-corrected chi connectivity index (χ1v) is 5.12. The van der Waals surface area contributed by atoms with E-state index in [0.29, 0.717) is 0 Å². The van der Waals surface area contributed by atoms with E-state index in [2.05, 4.69) is 51.1 Å². The molecule has 1 aliphatic rings. The van der Waals surface area contributed by atoms with Crippen LogP contribution in [0.5, 0.6) is 0 Å². The summed E-state index contributed by atoms with van der Waals surface area (Å²) in [7, 11) is 0. The first-order chi connectivity index (χ1) is 6.66. The Morgan fingerprint density at radius 1 is 1.29 bits per heavy atom. The summed E-state index contributed by atoms with van der Waals surface area (Å²) in [6.07, 6.45) is 5.67. The van der Waals surface area contributed by atoms with Gasteiger partial charge in [0, 0.05) is 0 Å². The molecule has 0 N–H and O–H groups in total. The van der Waals surface area contributed by atoms with Crippen LogP contribution in [0.25, 0.3) is 5.57 Å². The van der Waals surface area contributed by atoms with Crippen LogP contribution in [0.4, 0.5) is 0 Å². The van der Waals surface area contributed by atoms with Crippen molar-refractivity contribution in [2.75, 3.05) is 0 Å². The lowest BCUT2D eigenvalue weighted by atomic mass is 10.0. The molecule has 0 spiro atoms. The molecule has 0 aliphatic heterocycles. The van der Waals surface area contributed by atoms with Gasteiger partial charge < -0.3 is 0 Å². The number of hydrogen-bond donors (Lipinski definition) is 0. The molecule has 0 aromatic heterocycles. The van der Waals surface area contributed by atoms with Crippen LogP contribution in [-0.2, 0) is 6.42 Å². The summed E-state index contributed by atoms with van der Waals surface area (Å²) in [6.45, 7) is 6.44. The molecule has 1 aliphatic carbocycles. The van der Waals surface area contributed by atoms with Gasteiger partial charge in [-0.3, -0.25) is 0 Å². The third-order valence-corrected chi connectivity index (χ3v) is 2.56. The standard InChI is InChI=1S/C14H16/c1-10(2)8-12-5-6-13-9-11(3)4-7-14(12)13/h4-5,7-9H,6H2,1-3H3. The van der Waals surface area contributed by atoms with E-state index in [0.717, 1.165) is 6.42 Å². The van der Waals surface area contributed by atoms with Crippen LogP contribution in [0, 0.1) is 6.92 Å². The van der Waals surface area contributed by atoms with Gasteiger partial charge in [-0.15, -0.1) is 0 Å². The average molecular weight is 184 g/mol. The van der Waals surface area contributed by atoms with E-state index >= 15 is 0 Å². The Bertz CT molecular complexity index is 416. The molecule has 0 heterocycles. The molecule has 0 radical (unpaired) electrons. The molecule has 0 nitrogen and oxygen atoms in total. The Morgan fingerprint density at radius 2 is 2.07 bits per heavy atom. The van der Waals surface area contributed by atoms with E-state index in [4.69, 9.17) is 0 Å². The predicted molar refractivity (Wildman–Crippen MR) is 62.3 cm³/mol. The minimum atomic E-state index is 1.09. The second-order valence-corrected chi connectivity index (χ2v) is 4.25. The van der Waals surface area contributed by atoms with Crippen molar-refractivity contribution in [3.05, 3.63) is 52.6 Å². The smallest absolute Gasteiger partial charge is 0.00820 e. The van der Waals surface area contributed by atoms with E-state index in [1.165, 1.54) is 27.8 Å². The van der Waals surface area contributed by atoms with Crippen molar-refractivity contribution in [2.45, 2.75) is 27.2 Å². The van der Waals surface area contributed by atoms with Gasteiger partial charge in [0.2, 0.25) is 0 Å². The van der Waals surface area contributed by atoms with Crippen LogP contribution in [0.1, 0.15) is 30.5 Å². The minimum Gasteiger partial charge on any atom is -0.0758 e. The van der Waals surface area contributed by atoms with Crippen molar-refractivity contribution in [1.82, 2.24) is 0 Å². The zero-order valence-electron chi connectivity index (χ0n) is 9.09. The van der Waals surface area contributed by atoms with Gasteiger partial charge in [0.25, 0.3) is 0 Å². The van der Waals surface area contributed by atoms with Crippen LogP contribution < -0.4 is 0 Å². The summed E-state index contributed by atoms with van der Waals surface area (Å²) in [5.41, 5.74) is 6.99. The zero-order chi connectivity index (χ0) is 10.1. The van der Waals surface area contributed by atoms with E-state index in [9.17, 15) is 0 Å². The lowest BCUT2D eigenvalue weighted by Crippen LogP contribution is -1.84. The molecular weight excluding hydrogens is 168 g/mol. The van der Waals surface area contributed by atoms with Crippen molar-refractivity contribution in [2.24, 2.45) is 0 Å². The molecular formula is C14H16. The van der Waals surface area contributed by atoms with E-state index < -0.39 is 0 Å². The fourth-order valence-electron chi connectivity index (χ4n) is 1.95. The molecule has 1 aromatic rings. The maximum absolute atomic E-state index is 2.32. The quantitative estimate of drug-likeness (QED) is 0.621. The number of fused-ring (bicyclic) bond motifs is 1. The normalized spacial score (nSPS) is 13.5. The van der Waals surface area contributed by atoms with Gasteiger partial charge in [-0.25, -0.2) is 0 Å². The third kappa shape index (κ3) is 1.65. The monoisotopic (exact) mass is 184 g/mol. The topological polar surface area (TPSA) is 0 Å². The Morgan fingerprint density at radius 3 is 2.79 bits per heavy atom. The van der Waals surface area contributed by atoms with Crippen molar-refractivity contribution < 1.29 is 0 Å². The van der Waals surface area contributed by atoms with Crippen molar-refractivity contribution in [3.63, 3.8) is 0 Å².